The van der Waals surface area contributed by atoms with E-state index in [2.05, 4.69) is 10.5 Å². The maximum atomic E-state index is 12.3. The molecule has 0 fully saturated rings. The van der Waals surface area contributed by atoms with E-state index in [1.165, 1.54) is 13.3 Å². The number of ether oxygens (including phenoxy) is 3. The van der Waals surface area contributed by atoms with E-state index in [0.717, 1.165) is 0 Å². The molecule has 0 aromatic heterocycles. The summed E-state index contributed by atoms with van der Waals surface area (Å²) in [4.78, 5) is 12.3. The van der Waals surface area contributed by atoms with Crippen molar-refractivity contribution in [3.05, 3.63) is 52.5 Å². The number of carbonyl (C=O) groups excluding carboxylic acids is 1. The van der Waals surface area contributed by atoms with E-state index in [4.69, 9.17) is 25.8 Å². The Labute approximate surface area is 164 Å². The maximum Gasteiger partial charge on any atom is 0.275 e. The number of halogens is 1. The number of hydrazone groups is 1. The van der Waals surface area contributed by atoms with Crippen LogP contribution in [0.2, 0.25) is 5.02 Å². The van der Waals surface area contributed by atoms with Gasteiger partial charge in [0.2, 0.25) is 0 Å². The van der Waals surface area contributed by atoms with Crippen LogP contribution in [0.15, 0.2) is 41.5 Å². The highest BCUT2D eigenvalue weighted by Crippen LogP contribution is 2.37. The summed E-state index contributed by atoms with van der Waals surface area (Å²) in [5, 5.41) is 4.40. The topological polar surface area (TPSA) is 69.2 Å². The molecule has 0 heterocycles. The van der Waals surface area contributed by atoms with Crippen LogP contribution in [0.3, 0.4) is 0 Å². The van der Waals surface area contributed by atoms with Crippen molar-refractivity contribution in [3.63, 3.8) is 0 Å². The zero-order chi connectivity index (χ0) is 19.8. The van der Waals surface area contributed by atoms with Crippen molar-refractivity contribution in [1.29, 1.82) is 0 Å². The predicted molar refractivity (Wildman–Crippen MR) is 106 cm³/mol. The third-order valence-electron chi connectivity index (χ3n) is 3.42. The van der Waals surface area contributed by atoms with Crippen LogP contribution in [0.25, 0.3) is 0 Å². The van der Waals surface area contributed by atoms with Gasteiger partial charge >= 0.3 is 0 Å². The Kier molecular flexibility index (Phi) is 7.49. The van der Waals surface area contributed by atoms with Gasteiger partial charge < -0.3 is 14.2 Å². The molecule has 1 amide bonds. The van der Waals surface area contributed by atoms with Crippen molar-refractivity contribution >= 4 is 23.7 Å². The number of hydrogen-bond donors (Lipinski definition) is 1. The van der Waals surface area contributed by atoms with E-state index in [1.807, 2.05) is 20.8 Å². The fraction of sp³-hybridized carbons (Fsp3) is 0.300. The lowest BCUT2D eigenvalue weighted by molar-refractivity contribution is 0.0952. The van der Waals surface area contributed by atoms with Crippen molar-refractivity contribution < 1.29 is 19.0 Å². The fourth-order valence-corrected chi connectivity index (χ4v) is 2.60. The molecule has 0 radical (unpaired) electrons. The minimum absolute atomic E-state index is 0.0404. The van der Waals surface area contributed by atoms with E-state index < -0.39 is 0 Å². The lowest BCUT2D eigenvalue weighted by Gasteiger charge is -2.16. The maximum absolute atomic E-state index is 12.3. The van der Waals surface area contributed by atoms with Gasteiger partial charge in [-0.15, -0.1) is 0 Å². The first-order valence-electron chi connectivity index (χ1n) is 8.55. The summed E-state index contributed by atoms with van der Waals surface area (Å²) in [5.41, 5.74) is 3.54. The van der Waals surface area contributed by atoms with Crippen LogP contribution >= 0.6 is 11.6 Å². The molecule has 0 bridgehead atoms. The Morgan fingerprint density at radius 1 is 1.26 bits per heavy atom. The molecule has 0 aliphatic heterocycles. The number of para-hydroxylation sites is 1. The Morgan fingerprint density at radius 3 is 2.67 bits per heavy atom. The zero-order valence-electron chi connectivity index (χ0n) is 15.8. The first-order valence-corrected chi connectivity index (χ1v) is 8.93. The van der Waals surface area contributed by atoms with Gasteiger partial charge in [0.1, 0.15) is 5.75 Å². The second-order valence-corrected chi connectivity index (χ2v) is 6.24. The summed E-state index contributed by atoms with van der Waals surface area (Å²) in [5.74, 6) is 1.11. The van der Waals surface area contributed by atoms with Gasteiger partial charge in [0.15, 0.2) is 11.5 Å². The number of carbonyl (C=O) groups is 1. The van der Waals surface area contributed by atoms with Gasteiger partial charge in [-0.25, -0.2) is 5.43 Å². The summed E-state index contributed by atoms with van der Waals surface area (Å²) in [6.45, 7) is 6.17. The van der Waals surface area contributed by atoms with Gasteiger partial charge in [-0.3, -0.25) is 4.79 Å². The molecule has 0 saturated carbocycles. The summed E-state index contributed by atoms with van der Waals surface area (Å²) in [6.07, 6.45) is 1.45. The SMILES string of the molecule is CCOc1cc(/C=N/NC(=O)c2ccccc2OC)cc(Cl)c1OC(C)C. The van der Waals surface area contributed by atoms with Crippen molar-refractivity contribution in [1.82, 2.24) is 5.43 Å². The number of rotatable bonds is 8. The predicted octanol–water partition coefficient (Wildman–Crippen LogP) is 4.30. The molecule has 0 spiro atoms. The van der Waals surface area contributed by atoms with Crippen LogP contribution in [-0.2, 0) is 0 Å². The quantitative estimate of drug-likeness (QED) is 0.539. The molecule has 0 saturated heterocycles. The van der Waals surface area contributed by atoms with Crippen LogP contribution in [-0.4, -0.2) is 31.9 Å². The normalized spacial score (nSPS) is 10.9. The highest BCUT2D eigenvalue weighted by atomic mass is 35.5. The molecule has 2 aromatic carbocycles. The van der Waals surface area contributed by atoms with Crippen molar-refractivity contribution in [2.75, 3.05) is 13.7 Å². The molecule has 6 nitrogen and oxygen atoms in total. The standard InChI is InChI=1S/C20H23ClN2O4/c1-5-26-18-11-14(10-16(21)19(18)27-13(2)3)12-22-23-20(24)15-8-6-7-9-17(15)25-4/h6-13H,5H2,1-4H3,(H,23,24)/b22-12+. The molecule has 0 aliphatic rings. The summed E-state index contributed by atoms with van der Waals surface area (Å²) >= 11 is 6.32. The van der Waals surface area contributed by atoms with Crippen LogP contribution in [0.1, 0.15) is 36.7 Å². The monoisotopic (exact) mass is 390 g/mol. The van der Waals surface area contributed by atoms with Gasteiger partial charge in [0.25, 0.3) is 5.91 Å². The molecular formula is C20H23ClN2O4. The average molecular weight is 391 g/mol. The van der Waals surface area contributed by atoms with Crippen molar-refractivity contribution in [3.8, 4) is 17.2 Å². The number of hydrogen-bond acceptors (Lipinski definition) is 5. The van der Waals surface area contributed by atoms with Gasteiger partial charge in [0, 0.05) is 0 Å². The Hall–Kier alpha value is -2.73. The molecule has 27 heavy (non-hydrogen) atoms. The molecule has 2 rings (SSSR count). The lowest BCUT2D eigenvalue weighted by atomic mass is 10.2. The van der Waals surface area contributed by atoms with Gasteiger partial charge in [0.05, 0.1) is 36.6 Å². The number of benzene rings is 2. The van der Waals surface area contributed by atoms with Gasteiger partial charge in [-0.1, -0.05) is 23.7 Å². The highest BCUT2D eigenvalue weighted by Gasteiger charge is 2.14. The molecule has 7 heteroatoms. The number of nitrogens with zero attached hydrogens (tertiary/aromatic N) is 1. The first kappa shape index (κ1) is 20.6. The van der Waals surface area contributed by atoms with Crippen LogP contribution in [0.4, 0.5) is 0 Å². The van der Waals surface area contributed by atoms with Crippen LogP contribution in [0.5, 0.6) is 17.2 Å². The van der Waals surface area contributed by atoms with Gasteiger partial charge in [-0.2, -0.15) is 5.10 Å². The molecule has 0 unspecified atom stereocenters. The van der Waals surface area contributed by atoms with E-state index in [1.54, 1.807) is 36.4 Å². The summed E-state index contributed by atoms with van der Waals surface area (Å²) in [7, 11) is 1.51. The molecule has 2 aromatic rings. The second-order valence-electron chi connectivity index (χ2n) is 5.83. The van der Waals surface area contributed by atoms with E-state index in [0.29, 0.717) is 40.0 Å². The third-order valence-corrected chi connectivity index (χ3v) is 3.70. The average Bonchev–Trinajstić information content (AvgIpc) is 2.64. The number of methoxy groups -OCH3 is 1. The molecule has 144 valence electrons. The summed E-state index contributed by atoms with van der Waals surface area (Å²) < 4.78 is 16.5. The van der Waals surface area contributed by atoms with E-state index in [-0.39, 0.29) is 12.0 Å². The highest BCUT2D eigenvalue weighted by molar-refractivity contribution is 6.32. The largest absolute Gasteiger partial charge is 0.496 e. The Morgan fingerprint density at radius 2 is 2.00 bits per heavy atom. The second kappa shape index (κ2) is 9.83. The third kappa shape index (κ3) is 5.62. The Balaban J connectivity index is 2.17. The summed E-state index contributed by atoms with van der Waals surface area (Å²) in [6, 6.07) is 10.4. The van der Waals surface area contributed by atoms with Crippen molar-refractivity contribution in [2.24, 2.45) is 5.10 Å². The number of amides is 1. The number of nitrogens with one attached hydrogen (secondary N) is 1. The molecular weight excluding hydrogens is 368 g/mol. The molecule has 1 N–H and O–H groups in total. The fourth-order valence-electron chi connectivity index (χ4n) is 2.33. The minimum Gasteiger partial charge on any atom is -0.496 e. The van der Waals surface area contributed by atoms with Crippen LogP contribution in [0, 0.1) is 0 Å². The van der Waals surface area contributed by atoms with Crippen molar-refractivity contribution in [2.45, 2.75) is 26.9 Å². The van der Waals surface area contributed by atoms with Crippen LogP contribution < -0.4 is 19.6 Å². The van der Waals surface area contributed by atoms with Gasteiger partial charge in [-0.05, 0) is 50.6 Å². The zero-order valence-corrected chi connectivity index (χ0v) is 16.5. The first-order chi connectivity index (χ1) is 13.0. The lowest BCUT2D eigenvalue weighted by Crippen LogP contribution is -2.18. The Bertz CT molecular complexity index is 822. The minimum atomic E-state index is -0.375. The van der Waals surface area contributed by atoms with E-state index >= 15 is 0 Å². The molecule has 0 aliphatic carbocycles. The molecule has 0 atom stereocenters. The van der Waals surface area contributed by atoms with E-state index in [9.17, 15) is 4.79 Å². The smallest absolute Gasteiger partial charge is 0.275 e.